The summed E-state index contributed by atoms with van der Waals surface area (Å²) in [4.78, 5) is 34.5. The maximum atomic E-state index is 15.0. The van der Waals surface area contributed by atoms with E-state index in [0.29, 0.717) is 48.2 Å². The zero-order valence-corrected chi connectivity index (χ0v) is 26.1. The number of alkyl halides is 6. The second-order valence-corrected chi connectivity index (χ2v) is 12.5. The molecule has 1 aliphatic heterocycles. The van der Waals surface area contributed by atoms with E-state index in [9.17, 15) is 45.4 Å². The molecule has 1 aromatic heterocycles. The minimum Gasteiger partial charge on any atom is -0.493 e. The largest absolute Gasteiger partial charge is 0.493 e. The molecule has 1 saturated heterocycles. The van der Waals surface area contributed by atoms with E-state index in [0.717, 1.165) is 6.07 Å². The van der Waals surface area contributed by atoms with Crippen LogP contribution in [0.2, 0.25) is 0 Å². The highest BCUT2D eigenvalue weighted by Crippen LogP contribution is 2.46. The van der Waals surface area contributed by atoms with Crippen LogP contribution in [-0.4, -0.2) is 51.7 Å². The summed E-state index contributed by atoms with van der Waals surface area (Å²) >= 11 is 0. The molecule has 15 heteroatoms. The fraction of sp³-hybridized carbons (Fsp3) is 0.394. The molecule has 1 aliphatic carbocycles. The van der Waals surface area contributed by atoms with Crippen molar-refractivity contribution >= 4 is 17.6 Å². The molecule has 256 valence electrons. The van der Waals surface area contributed by atoms with E-state index in [1.807, 2.05) is 13.8 Å². The van der Waals surface area contributed by atoms with Crippen LogP contribution < -0.4 is 4.74 Å². The van der Waals surface area contributed by atoms with Gasteiger partial charge in [-0.25, -0.2) is 23.9 Å². The summed E-state index contributed by atoms with van der Waals surface area (Å²) in [6, 6.07) is 3.45. The molecule has 0 unspecified atom stereocenters. The van der Waals surface area contributed by atoms with E-state index in [2.05, 4.69) is 9.97 Å². The number of carbonyl (C=O) groups is 2. The number of cyclic esters (lactones) is 1. The number of carbonyl (C=O) groups excluding carboxylic acids is 1. The second-order valence-electron chi connectivity index (χ2n) is 12.5. The summed E-state index contributed by atoms with van der Waals surface area (Å²) in [6.07, 6.45) is -9.65. The van der Waals surface area contributed by atoms with E-state index >= 15 is 0 Å². The molecule has 1 fully saturated rings. The Kier molecular flexibility index (Phi) is 8.95. The molecule has 0 spiro atoms. The number of ether oxygens (including phenoxy) is 2. The van der Waals surface area contributed by atoms with Gasteiger partial charge in [0.2, 0.25) is 0 Å². The fourth-order valence-corrected chi connectivity index (χ4v) is 6.05. The van der Waals surface area contributed by atoms with Gasteiger partial charge in [-0.1, -0.05) is 13.8 Å². The first kappa shape index (κ1) is 34.6. The van der Waals surface area contributed by atoms with Crippen LogP contribution in [0.5, 0.6) is 5.75 Å². The predicted molar refractivity (Wildman–Crippen MR) is 157 cm³/mol. The Morgan fingerprint density at radius 2 is 1.73 bits per heavy atom. The highest BCUT2D eigenvalue weighted by molar-refractivity contribution is 5.88. The summed E-state index contributed by atoms with van der Waals surface area (Å²) in [5, 5.41) is 9.20. The van der Waals surface area contributed by atoms with Gasteiger partial charge in [0.15, 0.2) is 11.6 Å². The molecule has 8 nitrogen and oxygen atoms in total. The lowest BCUT2D eigenvalue weighted by Gasteiger charge is -2.35. The van der Waals surface area contributed by atoms with Gasteiger partial charge in [0.05, 0.1) is 41.6 Å². The molecule has 0 radical (unpaired) electrons. The van der Waals surface area contributed by atoms with Crippen molar-refractivity contribution in [2.75, 3.05) is 13.7 Å². The van der Waals surface area contributed by atoms with Crippen molar-refractivity contribution < 1.29 is 54.9 Å². The van der Waals surface area contributed by atoms with E-state index in [-0.39, 0.29) is 40.7 Å². The third-order valence-corrected chi connectivity index (χ3v) is 8.58. The second kappa shape index (κ2) is 12.4. The van der Waals surface area contributed by atoms with Crippen LogP contribution in [0.4, 0.5) is 35.5 Å². The van der Waals surface area contributed by atoms with Crippen LogP contribution in [0.1, 0.15) is 78.9 Å². The molecule has 0 saturated carbocycles. The van der Waals surface area contributed by atoms with Gasteiger partial charge in [0, 0.05) is 6.54 Å². The topological polar surface area (TPSA) is 102 Å². The molecule has 2 atom stereocenters. The maximum absolute atomic E-state index is 15.0. The first-order chi connectivity index (χ1) is 22.3. The molecule has 0 bridgehead atoms. The Morgan fingerprint density at radius 1 is 1.08 bits per heavy atom. The normalized spacial score (nSPS) is 19.8. The van der Waals surface area contributed by atoms with Crippen LogP contribution >= 0.6 is 0 Å². The summed E-state index contributed by atoms with van der Waals surface area (Å²) in [6.45, 7) is 5.39. The minimum absolute atomic E-state index is 0.0135. The average molecular weight is 682 g/mol. The lowest BCUT2D eigenvalue weighted by molar-refractivity contribution is -0.143. The zero-order valence-electron chi connectivity index (χ0n) is 26.1. The number of benzene rings is 2. The first-order valence-corrected chi connectivity index (χ1v) is 14.7. The van der Waals surface area contributed by atoms with E-state index in [4.69, 9.17) is 9.47 Å². The van der Waals surface area contributed by atoms with Gasteiger partial charge in [-0.2, -0.15) is 26.3 Å². The Hall–Kier alpha value is -4.69. The van der Waals surface area contributed by atoms with E-state index in [1.165, 1.54) is 37.3 Å². The van der Waals surface area contributed by atoms with Crippen molar-refractivity contribution in [3.63, 3.8) is 0 Å². The number of carboxylic acids is 1. The lowest BCUT2D eigenvalue weighted by atomic mass is 9.73. The van der Waals surface area contributed by atoms with Crippen molar-refractivity contribution in [1.82, 2.24) is 14.9 Å². The van der Waals surface area contributed by atoms with Crippen molar-refractivity contribution in [2.45, 2.75) is 64.5 Å². The number of hydrogen-bond acceptors (Lipinski definition) is 6. The molecule has 3 aromatic rings. The number of allylic oxidation sites excluding steroid dienone is 1. The first-order valence-electron chi connectivity index (χ1n) is 14.7. The van der Waals surface area contributed by atoms with E-state index in [1.54, 1.807) is 0 Å². The highest BCUT2D eigenvalue weighted by atomic mass is 19.4. The molecule has 2 aliphatic rings. The number of aromatic carboxylic acids is 1. The molecular formula is C33H30F7N3O5. The average Bonchev–Trinajstić information content (AvgIpc) is 3.27. The fourth-order valence-electron chi connectivity index (χ4n) is 6.05. The van der Waals surface area contributed by atoms with Crippen molar-refractivity contribution in [1.29, 1.82) is 0 Å². The van der Waals surface area contributed by atoms with Crippen LogP contribution in [0, 0.1) is 11.2 Å². The Morgan fingerprint density at radius 3 is 2.29 bits per heavy atom. The van der Waals surface area contributed by atoms with Gasteiger partial charge < -0.3 is 14.6 Å². The third kappa shape index (κ3) is 6.95. The number of carboxylic acid groups (broad SMARTS) is 1. The smallest absolute Gasteiger partial charge is 0.416 e. The number of amides is 1. The molecule has 48 heavy (non-hydrogen) atoms. The monoisotopic (exact) mass is 681 g/mol. The van der Waals surface area contributed by atoms with Crippen molar-refractivity contribution in [3.05, 3.63) is 81.9 Å². The zero-order chi connectivity index (χ0) is 35.3. The Bertz CT molecular complexity index is 1770. The maximum Gasteiger partial charge on any atom is 0.416 e. The van der Waals surface area contributed by atoms with E-state index < -0.39 is 59.1 Å². The molecular weight excluding hydrogens is 651 g/mol. The summed E-state index contributed by atoms with van der Waals surface area (Å²) < 4.78 is 107. The highest BCUT2D eigenvalue weighted by Gasteiger charge is 2.44. The lowest BCUT2D eigenvalue weighted by Crippen LogP contribution is -2.35. The summed E-state index contributed by atoms with van der Waals surface area (Å²) in [5.74, 6) is -2.02. The van der Waals surface area contributed by atoms with Gasteiger partial charge in [-0.05, 0) is 84.7 Å². The summed E-state index contributed by atoms with van der Waals surface area (Å²) in [7, 11) is 1.38. The van der Waals surface area contributed by atoms with Crippen LogP contribution in [0.3, 0.4) is 0 Å². The SMILES string of the molecule is COc1cnc(-c2ccc(C(=O)O)cc2F)nc1C1=C(CN2C(=O)O[C@H](c3cc(C(F)(F)F)cc(C(F)(F)F)c3)[C@@H]2C)CC(C)(C)CC1. The Balaban J connectivity index is 1.55. The van der Waals surface area contributed by atoms with Crippen molar-refractivity contribution in [2.24, 2.45) is 5.41 Å². The number of hydrogen-bond donors (Lipinski definition) is 1. The van der Waals surface area contributed by atoms with Gasteiger partial charge in [-0.3, -0.25) is 4.90 Å². The number of nitrogens with zero attached hydrogens (tertiary/aromatic N) is 3. The molecule has 2 heterocycles. The van der Waals surface area contributed by atoms with Crippen molar-refractivity contribution in [3.8, 4) is 17.1 Å². The van der Waals surface area contributed by atoms with Gasteiger partial charge >= 0.3 is 24.4 Å². The number of methoxy groups -OCH3 is 1. The van der Waals surface area contributed by atoms with Crippen LogP contribution in [0.15, 0.2) is 48.2 Å². The number of aromatic nitrogens is 2. The molecule has 1 amide bonds. The molecule has 1 N–H and O–H groups in total. The van der Waals surface area contributed by atoms with Gasteiger partial charge in [-0.15, -0.1) is 0 Å². The quantitative estimate of drug-likeness (QED) is 0.249. The Labute approximate surface area is 270 Å². The number of rotatable bonds is 7. The van der Waals surface area contributed by atoms with Crippen LogP contribution in [-0.2, 0) is 17.1 Å². The van der Waals surface area contributed by atoms with Crippen LogP contribution in [0.25, 0.3) is 17.0 Å². The van der Waals surface area contributed by atoms with Gasteiger partial charge in [0.25, 0.3) is 0 Å². The number of halogens is 7. The minimum atomic E-state index is -5.08. The third-order valence-electron chi connectivity index (χ3n) is 8.58. The van der Waals surface area contributed by atoms with Gasteiger partial charge in [0.1, 0.15) is 17.6 Å². The standard InChI is InChI=1S/C33H30F7N3O5/c1-16-27(18-9-20(32(35,36)37)12-21(10-18)33(38,39)40)48-30(46)43(16)15-19-13-31(2,3)8-7-22(19)26-25(47-4)14-41-28(42-26)23-6-5-17(29(44)45)11-24(23)34/h5-6,9-12,14,16,27H,7-8,13,15H2,1-4H3,(H,44,45)/t16-,27-/m0/s1. The summed E-state index contributed by atoms with van der Waals surface area (Å²) in [5.41, 5.74) is -2.48. The molecule has 5 rings (SSSR count). The predicted octanol–water partition coefficient (Wildman–Crippen LogP) is 8.57. The molecule has 2 aromatic carbocycles.